The van der Waals surface area contributed by atoms with Crippen molar-refractivity contribution in [1.82, 2.24) is 9.13 Å². The molecule has 0 spiro atoms. The van der Waals surface area contributed by atoms with Crippen molar-refractivity contribution in [2.45, 2.75) is 19.3 Å². The molecule has 1 aliphatic carbocycles. The fraction of sp³-hybridized carbons (Fsp3) is 0.0667. The van der Waals surface area contributed by atoms with Gasteiger partial charge >= 0.3 is 0 Å². The molecule has 0 unspecified atom stereocenters. The lowest BCUT2D eigenvalue weighted by Gasteiger charge is -2.24. The summed E-state index contributed by atoms with van der Waals surface area (Å²) in [6, 6.07) is 57.9. The molecule has 222 valence electrons. The molecule has 10 rings (SSSR count). The minimum absolute atomic E-state index is 0.0572. The van der Waals surface area contributed by atoms with Gasteiger partial charge in [-0.15, -0.1) is 0 Å². The molecule has 0 bridgehead atoms. The molecule has 2 heterocycles. The highest BCUT2D eigenvalue weighted by molar-refractivity contribution is 6.28. The van der Waals surface area contributed by atoms with Crippen LogP contribution in [0.25, 0.3) is 77.2 Å². The zero-order valence-corrected chi connectivity index (χ0v) is 26.4. The van der Waals surface area contributed by atoms with Crippen LogP contribution < -0.4 is 0 Å². The topological polar surface area (TPSA) is 9.86 Å². The lowest BCUT2D eigenvalue weighted by atomic mass is 9.79. The highest BCUT2D eigenvalue weighted by atomic mass is 15.0. The van der Waals surface area contributed by atoms with Crippen LogP contribution >= 0.6 is 0 Å². The first-order valence-electron chi connectivity index (χ1n) is 16.5. The van der Waals surface area contributed by atoms with E-state index in [1.807, 2.05) is 0 Å². The van der Waals surface area contributed by atoms with E-state index in [0.717, 1.165) is 0 Å². The van der Waals surface area contributed by atoms with E-state index in [1.54, 1.807) is 0 Å². The maximum absolute atomic E-state index is 2.44. The third kappa shape index (κ3) is 3.56. The summed E-state index contributed by atoms with van der Waals surface area (Å²) in [4.78, 5) is 0. The van der Waals surface area contributed by atoms with Crippen molar-refractivity contribution in [2.24, 2.45) is 0 Å². The van der Waals surface area contributed by atoms with E-state index in [0.29, 0.717) is 0 Å². The maximum Gasteiger partial charge on any atom is 0.0548 e. The third-order valence-electron chi connectivity index (χ3n) is 10.5. The third-order valence-corrected chi connectivity index (χ3v) is 10.5. The van der Waals surface area contributed by atoms with Gasteiger partial charge < -0.3 is 9.13 Å². The maximum atomic E-state index is 2.44. The first-order chi connectivity index (χ1) is 23.1. The van der Waals surface area contributed by atoms with Crippen LogP contribution in [-0.2, 0) is 5.41 Å². The Morgan fingerprint density at radius 3 is 1.55 bits per heavy atom. The Hall–Kier alpha value is -5.86. The number of hydrogen-bond donors (Lipinski definition) is 0. The van der Waals surface area contributed by atoms with Crippen LogP contribution in [0.15, 0.2) is 158 Å². The van der Waals surface area contributed by atoms with E-state index in [2.05, 4.69) is 181 Å². The molecule has 2 aromatic heterocycles. The number of benzene rings is 7. The van der Waals surface area contributed by atoms with Crippen LogP contribution in [0.5, 0.6) is 0 Å². The van der Waals surface area contributed by atoms with Crippen LogP contribution in [0.2, 0.25) is 0 Å². The molecule has 0 amide bonds. The average molecular weight is 601 g/mol. The zero-order chi connectivity index (χ0) is 31.3. The molecule has 2 nitrogen and oxygen atoms in total. The lowest BCUT2D eigenvalue weighted by Crippen LogP contribution is -2.16. The molecule has 0 atom stereocenters. The molecule has 47 heavy (non-hydrogen) atoms. The van der Waals surface area contributed by atoms with E-state index in [9.17, 15) is 0 Å². The van der Waals surface area contributed by atoms with Gasteiger partial charge in [0.2, 0.25) is 0 Å². The molecule has 0 fully saturated rings. The van der Waals surface area contributed by atoms with E-state index in [1.165, 1.54) is 88.4 Å². The van der Waals surface area contributed by atoms with Gasteiger partial charge in [0.25, 0.3) is 0 Å². The van der Waals surface area contributed by atoms with E-state index in [-0.39, 0.29) is 5.41 Å². The first kappa shape index (κ1) is 26.4. The summed E-state index contributed by atoms with van der Waals surface area (Å²) < 4.78 is 4.85. The molecule has 0 radical (unpaired) electrons. The van der Waals surface area contributed by atoms with Crippen LogP contribution in [0, 0.1) is 0 Å². The first-order valence-corrected chi connectivity index (χ1v) is 16.5. The predicted molar refractivity (Wildman–Crippen MR) is 198 cm³/mol. The van der Waals surface area contributed by atoms with Gasteiger partial charge in [-0.2, -0.15) is 0 Å². The minimum Gasteiger partial charge on any atom is -0.309 e. The standard InChI is InChI=1S/C45H32N2/c1-45(2)37-20-9-6-15-33(37)34-19-12-18-32(44(34)45)29-23-25-31(26-24-29)47-39-22-11-8-17-36(39)43-41(47)28-27-40-42(43)35-16-7-10-21-38(35)46(40)30-13-4-3-5-14-30/h3-28H,1-2H3. The van der Waals surface area contributed by atoms with Gasteiger partial charge in [-0.3, -0.25) is 0 Å². The van der Waals surface area contributed by atoms with Crippen molar-refractivity contribution in [3.8, 4) is 33.6 Å². The molecule has 7 aromatic carbocycles. The Morgan fingerprint density at radius 2 is 0.894 bits per heavy atom. The van der Waals surface area contributed by atoms with Crippen LogP contribution in [0.4, 0.5) is 0 Å². The molecule has 0 aliphatic heterocycles. The SMILES string of the molecule is CC1(C)c2ccccc2-c2cccc(-c3ccc(-n4c5ccccc5c5c6c7ccccc7n(-c7ccccc7)c6ccc54)cc3)c21. The van der Waals surface area contributed by atoms with Crippen molar-refractivity contribution < 1.29 is 0 Å². The summed E-state index contributed by atoms with van der Waals surface area (Å²) in [6.07, 6.45) is 0. The highest BCUT2D eigenvalue weighted by Gasteiger charge is 2.37. The Bertz CT molecular complexity index is 2680. The highest BCUT2D eigenvalue weighted by Crippen LogP contribution is 2.52. The summed E-state index contributed by atoms with van der Waals surface area (Å²) in [5, 5.41) is 5.15. The van der Waals surface area contributed by atoms with Gasteiger partial charge in [-0.25, -0.2) is 0 Å². The summed E-state index contributed by atoms with van der Waals surface area (Å²) in [5.74, 6) is 0. The Kier molecular flexibility index (Phi) is 5.37. The molecule has 0 saturated carbocycles. The molecule has 2 heteroatoms. The number of fused-ring (bicyclic) bond motifs is 10. The van der Waals surface area contributed by atoms with Gasteiger partial charge in [0, 0.05) is 38.3 Å². The average Bonchev–Trinajstić information content (AvgIpc) is 3.72. The largest absolute Gasteiger partial charge is 0.309 e. The zero-order valence-electron chi connectivity index (χ0n) is 26.4. The molecule has 9 aromatic rings. The van der Waals surface area contributed by atoms with Crippen LogP contribution in [0.3, 0.4) is 0 Å². The smallest absolute Gasteiger partial charge is 0.0548 e. The molecule has 1 aliphatic rings. The van der Waals surface area contributed by atoms with Gasteiger partial charge in [0.05, 0.1) is 22.1 Å². The van der Waals surface area contributed by atoms with Crippen LogP contribution in [0.1, 0.15) is 25.0 Å². The summed E-state index contributed by atoms with van der Waals surface area (Å²) in [6.45, 7) is 4.73. The van der Waals surface area contributed by atoms with Gasteiger partial charge in [-0.05, 0) is 81.9 Å². The number of hydrogen-bond acceptors (Lipinski definition) is 0. The molecule has 0 N–H and O–H groups in total. The molecular formula is C45H32N2. The summed E-state index contributed by atoms with van der Waals surface area (Å²) >= 11 is 0. The summed E-state index contributed by atoms with van der Waals surface area (Å²) in [7, 11) is 0. The Morgan fingerprint density at radius 1 is 0.383 bits per heavy atom. The van der Waals surface area contributed by atoms with Crippen molar-refractivity contribution in [2.75, 3.05) is 0 Å². The van der Waals surface area contributed by atoms with Gasteiger partial charge in [0.1, 0.15) is 0 Å². The quantitative estimate of drug-likeness (QED) is 0.191. The fourth-order valence-electron chi connectivity index (χ4n) is 8.53. The van der Waals surface area contributed by atoms with Gasteiger partial charge in [-0.1, -0.05) is 123 Å². The monoisotopic (exact) mass is 600 g/mol. The van der Waals surface area contributed by atoms with Crippen molar-refractivity contribution in [1.29, 1.82) is 0 Å². The Balaban J connectivity index is 1.19. The predicted octanol–water partition coefficient (Wildman–Crippen LogP) is 11.9. The van der Waals surface area contributed by atoms with E-state index < -0.39 is 0 Å². The second-order valence-corrected chi connectivity index (χ2v) is 13.3. The van der Waals surface area contributed by atoms with Crippen LogP contribution in [-0.4, -0.2) is 9.13 Å². The van der Waals surface area contributed by atoms with Crippen molar-refractivity contribution in [3.63, 3.8) is 0 Å². The second-order valence-electron chi connectivity index (χ2n) is 13.3. The fourth-order valence-corrected chi connectivity index (χ4v) is 8.53. The number of aromatic nitrogens is 2. The number of para-hydroxylation sites is 3. The summed E-state index contributed by atoms with van der Waals surface area (Å²) in [5.41, 5.74) is 15.3. The Labute approximate surface area is 273 Å². The lowest BCUT2D eigenvalue weighted by molar-refractivity contribution is 0.662. The van der Waals surface area contributed by atoms with Gasteiger partial charge in [0.15, 0.2) is 0 Å². The van der Waals surface area contributed by atoms with E-state index >= 15 is 0 Å². The number of rotatable bonds is 3. The normalized spacial score (nSPS) is 13.5. The minimum atomic E-state index is -0.0572. The van der Waals surface area contributed by atoms with E-state index in [4.69, 9.17) is 0 Å². The molecule has 0 saturated heterocycles. The molecular weight excluding hydrogens is 569 g/mol. The second kappa shape index (κ2) is 9.57. The van der Waals surface area contributed by atoms with Crippen molar-refractivity contribution in [3.05, 3.63) is 169 Å². The van der Waals surface area contributed by atoms with Crippen molar-refractivity contribution >= 4 is 43.6 Å². The number of nitrogens with zero attached hydrogens (tertiary/aromatic N) is 2.